The summed E-state index contributed by atoms with van der Waals surface area (Å²) >= 11 is 0. The van der Waals surface area contributed by atoms with Gasteiger partial charge in [-0.05, 0) is 68.1 Å². The predicted molar refractivity (Wildman–Crippen MR) is 119 cm³/mol. The third-order valence-corrected chi connectivity index (χ3v) is 5.43. The smallest absolute Gasteiger partial charge is 0.322 e. The van der Waals surface area contributed by atoms with E-state index in [1.807, 2.05) is 26.0 Å². The molecule has 8 heteroatoms. The zero-order valence-corrected chi connectivity index (χ0v) is 18.9. The molecule has 0 radical (unpaired) electrons. The van der Waals surface area contributed by atoms with Crippen molar-refractivity contribution in [1.29, 1.82) is 0 Å². The average Bonchev–Trinajstić information content (AvgIpc) is 2.77. The van der Waals surface area contributed by atoms with E-state index < -0.39 is 23.9 Å². The van der Waals surface area contributed by atoms with Crippen molar-refractivity contribution >= 4 is 17.7 Å². The van der Waals surface area contributed by atoms with Gasteiger partial charge >= 0.3 is 12.0 Å². The second kappa shape index (κ2) is 10.3. The van der Waals surface area contributed by atoms with Gasteiger partial charge in [0.05, 0.1) is 32.8 Å². The maximum atomic E-state index is 13.9. The van der Waals surface area contributed by atoms with Gasteiger partial charge in [0.15, 0.2) is 11.5 Å². The Morgan fingerprint density at radius 3 is 2.44 bits per heavy atom. The van der Waals surface area contributed by atoms with Crippen molar-refractivity contribution in [2.45, 2.75) is 39.7 Å². The summed E-state index contributed by atoms with van der Waals surface area (Å²) < 4.78 is 30.3. The Morgan fingerprint density at radius 1 is 1.12 bits per heavy atom. The number of halogens is 1. The van der Waals surface area contributed by atoms with Crippen LogP contribution in [0.15, 0.2) is 30.3 Å². The first-order chi connectivity index (χ1) is 15.4. The molecular weight excluding hydrogens is 415 g/mol. The summed E-state index contributed by atoms with van der Waals surface area (Å²) in [6.07, 6.45) is 0.563. The number of ether oxygens (including phenoxy) is 3. The van der Waals surface area contributed by atoms with Crippen LogP contribution in [0.2, 0.25) is 0 Å². The quantitative estimate of drug-likeness (QED) is 0.631. The van der Waals surface area contributed by atoms with Crippen molar-refractivity contribution in [2.75, 3.05) is 32.2 Å². The maximum Gasteiger partial charge on any atom is 0.322 e. The molecule has 1 aliphatic heterocycles. The molecule has 3 rings (SSSR count). The lowest BCUT2D eigenvalue weighted by atomic mass is 9.90. The molecule has 0 saturated carbocycles. The Balaban J connectivity index is 1.95. The molecule has 2 amide bonds. The molecule has 2 aromatic carbocycles. The van der Waals surface area contributed by atoms with E-state index >= 15 is 0 Å². The van der Waals surface area contributed by atoms with E-state index in [0.717, 1.165) is 11.1 Å². The summed E-state index contributed by atoms with van der Waals surface area (Å²) in [7, 11) is 1.31. The van der Waals surface area contributed by atoms with Crippen LogP contribution < -0.4 is 14.8 Å². The van der Waals surface area contributed by atoms with Gasteiger partial charge in [0.25, 0.3) is 0 Å². The number of fused-ring (bicyclic) bond motifs is 1. The van der Waals surface area contributed by atoms with Gasteiger partial charge in [-0.1, -0.05) is 6.07 Å². The lowest BCUT2D eigenvalue weighted by Gasteiger charge is -2.37. The van der Waals surface area contributed by atoms with Crippen molar-refractivity contribution in [1.82, 2.24) is 4.90 Å². The second-order valence-electron chi connectivity index (χ2n) is 7.50. The minimum absolute atomic E-state index is 0.0152. The Hall–Kier alpha value is -3.29. The highest BCUT2D eigenvalue weighted by Crippen LogP contribution is 2.40. The summed E-state index contributed by atoms with van der Waals surface area (Å²) in [4.78, 5) is 26.9. The zero-order valence-electron chi connectivity index (χ0n) is 18.9. The number of esters is 1. The van der Waals surface area contributed by atoms with Crippen LogP contribution in [-0.4, -0.2) is 43.8 Å². The molecular formula is C24H29FN2O5. The minimum atomic E-state index is -0.559. The highest BCUT2D eigenvalue weighted by atomic mass is 19.1. The molecule has 0 unspecified atom stereocenters. The molecule has 0 fully saturated rings. The number of rotatable bonds is 7. The normalized spacial score (nSPS) is 15.0. The molecule has 32 heavy (non-hydrogen) atoms. The third-order valence-electron chi connectivity index (χ3n) is 5.43. The number of anilines is 1. The number of methoxy groups -OCH3 is 1. The number of carbonyl (C=O) groups is 2. The van der Waals surface area contributed by atoms with E-state index in [1.165, 1.54) is 13.2 Å². The molecule has 172 valence electrons. The van der Waals surface area contributed by atoms with Gasteiger partial charge in [-0.2, -0.15) is 0 Å². The van der Waals surface area contributed by atoms with Crippen LogP contribution in [0.5, 0.6) is 11.5 Å². The summed E-state index contributed by atoms with van der Waals surface area (Å²) in [5.41, 5.74) is 2.63. The molecule has 0 bridgehead atoms. The highest BCUT2D eigenvalue weighted by molar-refractivity contribution is 5.90. The van der Waals surface area contributed by atoms with E-state index in [0.29, 0.717) is 48.9 Å². The number of hydrogen-bond acceptors (Lipinski definition) is 5. The predicted octanol–water partition coefficient (Wildman–Crippen LogP) is 4.63. The molecule has 1 atom stereocenters. The number of nitrogens with zero attached hydrogens (tertiary/aromatic N) is 1. The number of aryl methyl sites for hydroxylation is 1. The Morgan fingerprint density at radius 2 is 1.81 bits per heavy atom. The number of amides is 2. The van der Waals surface area contributed by atoms with Gasteiger partial charge in [0, 0.05) is 12.2 Å². The van der Waals surface area contributed by atoms with E-state index in [4.69, 9.17) is 14.2 Å². The largest absolute Gasteiger partial charge is 0.490 e. The molecule has 0 aliphatic carbocycles. The van der Waals surface area contributed by atoms with Gasteiger partial charge in [-0.15, -0.1) is 0 Å². The van der Waals surface area contributed by atoms with Gasteiger partial charge < -0.3 is 24.4 Å². The van der Waals surface area contributed by atoms with Crippen LogP contribution in [0.4, 0.5) is 14.9 Å². The summed E-state index contributed by atoms with van der Waals surface area (Å²) in [6, 6.07) is 7.30. The molecule has 2 aromatic rings. The third kappa shape index (κ3) is 5.12. The Labute approximate surface area is 187 Å². The van der Waals surface area contributed by atoms with Crippen molar-refractivity contribution < 1.29 is 28.2 Å². The molecule has 0 saturated heterocycles. The van der Waals surface area contributed by atoms with Gasteiger partial charge in [-0.3, -0.25) is 4.79 Å². The molecule has 7 nitrogen and oxygen atoms in total. The lowest BCUT2D eigenvalue weighted by molar-refractivity contribution is -0.141. The van der Waals surface area contributed by atoms with Crippen LogP contribution in [-0.2, 0) is 16.0 Å². The van der Waals surface area contributed by atoms with Gasteiger partial charge in [-0.25, -0.2) is 9.18 Å². The molecule has 1 N–H and O–H groups in total. The summed E-state index contributed by atoms with van der Waals surface area (Å²) in [6.45, 7) is 6.75. The van der Waals surface area contributed by atoms with Crippen LogP contribution in [0.3, 0.4) is 0 Å². The topological polar surface area (TPSA) is 77.1 Å². The van der Waals surface area contributed by atoms with E-state index in [2.05, 4.69) is 5.32 Å². The van der Waals surface area contributed by atoms with Gasteiger partial charge in [0.2, 0.25) is 0 Å². The number of urea groups is 1. The first-order valence-corrected chi connectivity index (χ1v) is 10.7. The van der Waals surface area contributed by atoms with Crippen molar-refractivity contribution in [3.05, 3.63) is 52.8 Å². The molecule has 0 spiro atoms. The first kappa shape index (κ1) is 23.4. The number of carbonyl (C=O) groups excluding carboxylic acids is 2. The van der Waals surface area contributed by atoms with E-state index in [1.54, 1.807) is 24.0 Å². The highest BCUT2D eigenvalue weighted by Gasteiger charge is 2.34. The standard InChI is InChI=1S/C24H29FN2O5/c1-5-31-21-11-16-9-10-27(24(29)26-17-8-7-15(3)19(25)12-17)20(14-23(28)30-4)18(16)13-22(21)32-6-2/h7-8,11-13,20H,5-6,9-10,14H2,1-4H3,(H,26,29)/t20-/m1/s1. The fourth-order valence-corrected chi connectivity index (χ4v) is 3.82. The SMILES string of the molecule is CCOc1cc2c(cc1OCC)[C@@H](CC(=O)OC)N(C(=O)Nc1ccc(C)c(F)c1)CC2. The van der Waals surface area contributed by atoms with Crippen molar-refractivity contribution in [3.8, 4) is 11.5 Å². The number of benzene rings is 2. The molecule has 1 aliphatic rings. The fraction of sp³-hybridized carbons (Fsp3) is 0.417. The number of hydrogen-bond donors (Lipinski definition) is 1. The lowest BCUT2D eigenvalue weighted by Crippen LogP contribution is -2.43. The van der Waals surface area contributed by atoms with Crippen LogP contribution in [0.1, 0.15) is 43.0 Å². The summed E-state index contributed by atoms with van der Waals surface area (Å²) in [5.74, 6) is 0.361. The van der Waals surface area contributed by atoms with Crippen molar-refractivity contribution in [3.63, 3.8) is 0 Å². The monoisotopic (exact) mass is 444 g/mol. The second-order valence-corrected chi connectivity index (χ2v) is 7.50. The number of nitrogens with one attached hydrogen (secondary N) is 1. The average molecular weight is 445 g/mol. The van der Waals surface area contributed by atoms with Gasteiger partial charge in [0.1, 0.15) is 5.82 Å². The van der Waals surface area contributed by atoms with Crippen LogP contribution in [0, 0.1) is 12.7 Å². The first-order valence-electron chi connectivity index (χ1n) is 10.7. The van der Waals surface area contributed by atoms with Crippen molar-refractivity contribution in [2.24, 2.45) is 0 Å². The van der Waals surface area contributed by atoms with E-state index in [9.17, 15) is 14.0 Å². The van der Waals surface area contributed by atoms with E-state index in [-0.39, 0.29) is 6.42 Å². The summed E-state index contributed by atoms with van der Waals surface area (Å²) in [5, 5.41) is 2.74. The molecule has 1 heterocycles. The molecule has 0 aromatic heterocycles. The minimum Gasteiger partial charge on any atom is -0.490 e. The Bertz CT molecular complexity index is 995. The zero-order chi connectivity index (χ0) is 23.3. The fourth-order valence-electron chi connectivity index (χ4n) is 3.82. The Kier molecular flexibility index (Phi) is 7.56. The van der Waals surface area contributed by atoms with Crippen LogP contribution >= 0.6 is 0 Å². The van der Waals surface area contributed by atoms with Crippen LogP contribution in [0.25, 0.3) is 0 Å². The maximum absolute atomic E-state index is 13.9.